The first-order chi connectivity index (χ1) is 10.5. The summed E-state index contributed by atoms with van der Waals surface area (Å²) in [5.74, 6) is 1.81. The molecule has 0 aliphatic carbocycles. The minimum Gasteiger partial charge on any atom is -0.496 e. The maximum Gasteiger partial charge on any atom is 0.280 e. The molecule has 2 N–H and O–H groups in total. The van der Waals surface area contributed by atoms with Crippen LogP contribution in [0.1, 0.15) is 11.3 Å². The molecule has 0 saturated carbocycles. The van der Waals surface area contributed by atoms with Gasteiger partial charge in [0, 0.05) is 16.1 Å². The molecule has 1 heterocycles. The second kappa shape index (κ2) is 7.42. The molecule has 0 aliphatic rings. The van der Waals surface area contributed by atoms with Gasteiger partial charge in [0.05, 0.1) is 14.2 Å². The summed E-state index contributed by atoms with van der Waals surface area (Å²) >= 11 is 3.45. The van der Waals surface area contributed by atoms with E-state index in [1.165, 1.54) is 0 Å². The van der Waals surface area contributed by atoms with Crippen LogP contribution in [0.15, 0.2) is 33.3 Å². The van der Waals surface area contributed by atoms with Gasteiger partial charge in [0.1, 0.15) is 18.1 Å². The first-order valence-corrected chi connectivity index (χ1v) is 7.64. The molecule has 2 aromatic rings. The topological polar surface area (TPSA) is 68.8 Å². The number of methoxy groups -OCH3 is 1. The zero-order valence-corrected chi connectivity index (χ0v) is 14.4. The second-order valence-electron chi connectivity index (χ2n) is 5.14. The third-order valence-electron chi connectivity index (χ3n) is 3.09. The van der Waals surface area contributed by atoms with Crippen LogP contribution < -0.4 is 15.0 Å². The lowest BCUT2D eigenvalue weighted by molar-refractivity contribution is -0.885. The third-order valence-corrected chi connectivity index (χ3v) is 3.59. The Kier molecular flexibility index (Phi) is 5.57. The van der Waals surface area contributed by atoms with Crippen molar-refractivity contribution in [3.05, 3.63) is 40.1 Å². The molecule has 0 spiro atoms. The van der Waals surface area contributed by atoms with Gasteiger partial charge in [-0.1, -0.05) is 21.1 Å². The lowest BCUT2D eigenvalue weighted by Crippen LogP contribution is -3.08. The smallest absolute Gasteiger partial charge is 0.280 e. The Hall–Kier alpha value is -1.86. The molecular formula is C15H19BrN3O3+. The summed E-state index contributed by atoms with van der Waals surface area (Å²) < 4.78 is 11.2. The highest BCUT2D eigenvalue weighted by atomic mass is 79.9. The molecular weight excluding hydrogens is 350 g/mol. The molecule has 0 radical (unpaired) electrons. The molecule has 0 saturated heterocycles. The van der Waals surface area contributed by atoms with Crippen LogP contribution in [0.5, 0.6) is 5.75 Å². The highest BCUT2D eigenvalue weighted by Crippen LogP contribution is 2.22. The minimum absolute atomic E-state index is 0.111. The Labute approximate surface area is 137 Å². The minimum atomic E-state index is -0.111. The van der Waals surface area contributed by atoms with Crippen molar-refractivity contribution in [2.75, 3.05) is 26.0 Å². The fourth-order valence-electron chi connectivity index (χ4n) is 2.16. The monoisotopic (exact) mass is 368 g/mol. The van der Waals surface area contributed by atoms with Crippen LogP contribution in [0, 0.1) is 6.92 Å². The number of hydrogen-bond acceptors (Lipinski definition) is 4. The molecule has 118 valence electrons. The molecule has 1 amide bonds. The molecule has 6 nitrogen and oxygen atoms in total. The lowest BCUT2D eigenvalue weighted by atomic mass is 10.2. The maximum absolute atomic E-state index is 12.0. The highest BCUT2D eigenvalue weighted by molar-refractivity contribution is 9.10. The number of amides is 1. The van der Waals surface area contributed by atoms with Crippen molar-refractivity contribution < 1.29 is 19.0 Å². The summed E-state index contributed by atoms with van der Waals surface area (Å²) in [4.78, 5) is 13.0. The summed E-state index contributed by atoms with van der Waals surface area (Å²) in [5.41, 5.74) is 1.04. The number of ether oxygens (including phenoxy) is 1. The number of likely N-dealkylation sites (N-methyl/N-ethyl adjacent to an activating group) is 1. The van der Waals surface area contributed by atoms with Crippen molar-refractivity contribution >= 4 is 27.7 Å². The summed E-state index contributed by atoms with van der Waals surface area (Å²) in [5, 5.41) is 6.46. The molecule has 1 aromatic heterocycles. The van der Waals surface area contributed by atoms with Crippen molar-refractivity contribution in [1.29, 1.82) is 0 Å². The summed E-state index contributed by atoms with van der Waals surface area (Å²) in [6.45, 7) is 2.77. The van der Waals surface area contributed by atoms with Crippen LogP contribution in [0.25, 0.3) is 0 Å². The van der Waals surface area contributed by atoms with E-state index in [9.17, 15) is 4.79 Å². The predicted octanol–water partition coefficient (Wildman–Crippen LogP) is 1.41. The normalized spacial score (nSPS) is 12.0. The number of aryl methyl sites for hydroxylation is 1. The van der Waals surface area contributed by atoms with Crippen molar-refractivity contribution in [2.24, 2.45) is 0 Å². The van der Waals surface area contributed by atoms with Crippen LogP contribution in [-0.2, 0) is 11.3 Å². The summed E-state index contributed by atoms with van der Waals surface area (Å²) in [6, 6.07) is 7.52. The van der Waals surface area contributed by atoms with E-state index < -0.39 is 0 Å². The fraction of sp³-hybridized carbons (Fsp3) is 0.333. The highest BCUT2D eigenvalue weighted by Gasteiger charge is 2.15. The van der Waals surface area contributed by atoms with Gasteiger partial charge in [0.2, 0.25) is 0 Å². The first-order valence-electron chi connectivity index (χ1n) is 6.85. The Bertz CT molecular complexity index is 657. The van der Waals surface area contributed by atoms with E-state index in [-0.39, 0.29) is 5.91 Å². The van der Waals surface area contributed by atoms with Gasteiger partial charge in [0.15, 0.2) is 12.4 Å². The Morgan fingerprint density at radius 1 is 1.45 bits per heavy atom. The van der Waals surface area contributed by atoms with Crippen molar-refractivity contribution in [3.63, 3.8) is 0 Å². The zero-order valence-electron chi connectivity index (χ0n) is 12.8. The zero-order chi connectivity index (χ0) is 16.1. The number of nitrogens with zero attached hydrogens (tertiary/aromatic N) is 1. The number of quaternary nitrogens is 1. The van der Waals surface area contributed by atoms with Crippen molar-refractivity contribution in [1.82, 2.24) is 5.16 Å². The molecule has 0 fully saturated rings. The van der Waals surface area contributed by atoms with Crippen LogP contribution in [0.3, 0.4) is 0 Å². The molecule has 7 heteroatoms. The van der Waals surface area contributed by atoms with Gasteiger partial charge < -0.3 is 19.5 Å². The maximum atomic E-state index is 12.0. The molecule has 1 unspecified atom stereocenters. The van der Waals surface area contributed by atoms with E-state index in [4.69, 9.17) is 9.26 Å². The van der Waals surface area contributed by atoms with Gasteiger partial charge in [-0.3, -0.25) is 4.79 Å². The van der Waals surface area contributed by atoms with Gasteiger partial charge in [0.25, 0.3) is 5.91 Å². The van der Waals surface area contributed by atoms with Gasteiger partial charge in [-0.05, 0) is 25.1 Å². The number of aromatic nitrogens is 1. The standard InChI is InChI=1S/C15H18BrN3O3/c1-10-6-14(18-22-10)17-15(20)9-19(2)8-11-7-12(16)4-5-13(11)21-3/h4-7H,8-9H2,1-3H3,(H,17,18,20)/p+1. The number of hydrogen-bond donors (Lipinski definition) is 2. The van der Waals surface area contributed by atoms with E-state index in [1.807, 2.05) is 25.2 Å². The summed E-state index contributed by atoms with van der Waals surface area (Å²) in [6.07, 6.45) is 0. The van der Waals surface area contributed by atoms with Crippen LogP contribution in [0.2, 0.25) is 0 Å². The van der Waals surface area contributed by atoms with Crippen LogP contribution in [-0.4, -0.2) is 31.8 Å². The molecule has 0 aliphatic heterocycles. The number of anilines is 1. The van der Waals surface area contributed by atoms with Crippen molar-refractivity contribution in [2.45, 2.75) is 13.5 Å². The number of carbonyl (C=O) groups excluding carboxylic acids is 1. The lowest BCUT2D eigenvalue weighted by Gasteiger charge is -2.15. The fourth-order valence-corrected chi connectivity index (χ4v) is 2.57. The van der Waals surface area contributed by atoms with Crippen LogP contribution >= 0.6 is 15.9 Å². The van der Waals surface area contributed by atoms with Crippen molar-refractivity contribution in [3.8, 4) is 5.75 Å². The van der Waals surface area contributed by atoms with E-state index >= 15 is 0 Å². The number of carbonyl (C=O) groups is 1. The SMILES string of the molecule is COc1ccc(Br)cc1C[NH+](C)CC(=O)Nc1cc(C)on1. The van der Waals surface area contributed by atoms with E-state index in [0.29, 0.717) is 24.7 Å². The average Bonchev–Trinajstić information content (AvgIpc) is 2.83. The van der Waals surface area contributed by atoms with Gasteiger partial charge in [-0.25, -0.2) is 0 Å². The number of nitrogens with one attached hydrogen (secondary N) is 2. The van der Waals surface area contributed by atoms with Crippen LogP contribution in [0.4, 0.5) is 5.82 Å². The largest absolute Gasteiger partial charge is 0.496 e. The van der Waals surface area contributed by atoms with E-state index in [0.717, 1.165) is 20.7 Å². The van der Waals surface area contributed by atoms with E-state index in [1.54, 1.807) is 20.1 Å². The molecule has 0 bridgehead atoms. The molecule has 1 aromatic carbocycles. The van der Waals surface area contributed by atoms with Gasteiger partial charge >= 0.3 is 0 Å². The van der Waals surface area contributed by atoms with E-state index in [2.05, 4.69) is 26.4 Å². The van der Waals surface area contributed by atoms with Gasteiger partial charge in [-0.2, -0.15) is 0 Å². The second-order valence-corrected chi connectivity index (χ2v) is 6.05. The Balaban J connectivity index is 1.93. The summed E-state index contributed by atoms with van der Waals surface area (Å²) in [7, 11) is 3.59. The molecule has 1 atom stereocenters. The quantitative estimate of drug-likeness (QED) is 0.808. The van der Waals surface area contributed by atoms with Gasteiger partial charge in [-0.15, -0.1) is 0 Å². The Morgan fingerprint density at radius 3 is 2.86 bits per heavy atom. The number of rotatable bonds is 6. The average molecular weight is 369 g/mol. The molecule has 22 heavy (non-hydrogen) atoms. The first kappa shape index (κ1) is 16.5. The number of benzene rings is 1. The Morgan fingerprint density at radius 2 is 2.23 bits per heavy atom. The third kappa shape index (κ3) is 4.57. The molecule has 2 rings (SSSR count). The number of halogens is 1. The predicted molar refractivity (Wildman–Crippen MR) is 86.0 cm³/mol.